The lowest BCUT2D eigenvalue weighted by Gasteiger charge is -2.42. The SMILES string of the molecule is Cc1cn(C2CC(O)CCC2C(C)(C)C)c(=O)[nH]1. The first-order chi connectivity index (χ1) is 8.29. The van der Waals surface area contributed by atoms with E-state index in [1.165, 1.54) is 0 Å². The predicted molar refractivity (Wildman–Crippen MR) is 71.6 cm³/mol. The number of imidazole rings is 1. The molecule has 1 saturated carbocycles. The number of aromatic amines is 1. The van der Waals surface area contributed by atoms with E-state index < -0.39 is 0 Å². The van der Waals surface area contributed by atoms with Crippen molar-refractivity contribution in [3.63, 3.8) is 0 Å². The highest BCUT2D eigenvalue weighted by Crippen LogP contribution is 2.43. The van der Waals surface area contributed by atoms with Crippen LogP contribution in [0.5, 0.6) is 0 Å². The molecule has 18 heavy (non-hydrogen) atoms. The molecule has 1 aromatic heterocycles. The van der Waals surface area contributed by atoms with Crippen molar-refractivity contribution in [1.29, 1.82) is 0 Å². The van der Waals surface area contributed by atoms with Crippen LogP contribution in [-0.2, 0) is 0 Å². The fourth-order valence-electron chi connectivity index (χ4n) is 3.22. The third kappa shape index (κ3) is 2.53. The first kappa shape index (κ1) is 13.4. The number of nitrogens with zero attached hydrogens (tertiary/aromatic N) is 1. The number of aromatic nitrogens is 2. The number of aliphatic hydroxyl groups is 1. The smallest absolute Gasteiger partial charge is 0.325 e. The minimum atomic E-state index is -0.282. The third-order valence-electron chi connectivity index (χ3n) is 4.13. The molecule has 2 rings (SSSR count). The van der Waals surface area contributed by atoms with Gasteiger partial charge in [-0.3, -0.25) is 4.57 Å². The molecular formula is C14H24N2O2. The van der Waals surface area contributed by atoms with Crippen LogP contribution < -0.4 is 5.69 Å². The summed E-state index contributed by atoms with van der Waals surface area (Å²) in [5.41, 5.74) is 0.976. The van der Waals surface area contributed by atoms with Gasteiger partial charge in [0.05, 0.1) is 6.10 Å². The van der Waals surface area contributed by atoms with Crippen LogP contribution in [0.4, 0.5) is 0 Å². The summed E-state index contributed by atoms with van der Waals surface area (Å²) in [4.78, 5) is 14.8. The van der Waals surface area contributed by atoms with Crippen LogP contribution in [0.2, 0.25) is 0 Å². The van der Waals surface area contributed by atoms with Gasteiger partial charge in [0.2, 0.25) is 0 Å². The minimum Gasteiger partial charge on any atom is -0.393 e. The number of rotatable bonds is 1. The molecule has 0 bridgehead atoms. The Labute approximate surface area is 108 Å². The Bertz CT molecular complexity index is 467. The summed E-state index contributed by atoms with van der Waals surface area (Å²) in [5.74, 6) is 0.425. The number of nitrogens with one attached hydrogen (secondary N) is 1. The molecule has 3 unspecified atom stereocenters. The number of aryl methyl sites for hydroxylation is 1. The van der Waals surface area contributed by atoms with Gasteiger partial charge in [0.15, 0.2) is 0 Å². The number of hydrogen-bond acceptors (Lipinski definition) is 2. The van der Waals surface area contributed by atoms with Crippen molar-refractivity contribution in [3.8, 4) is 0 Å². The van der Waals surface area contributed by atoms with Crippen molar-refractivity contribution in [2.45, 2.75) is 59.1 Å². The molecule has 2 N–H and O–H groups in total. The average Bonchev–Trinajstić information content (AvgIpc) is 2.55. The van der Waals surface area contributed by atoms with Gasteiger partial charge in [0, 0.05) is 17.9 Å². The van der Waals surface area contributed by atoms with Gasteiger partial charge in [-0.25, -0.2) is 4.79 Å². The second-order valence-electron chi connectivity index (χ2n) is 6.66. The number of hydrogen-bond donors (Lipinski definition) is 2. The first-order valence-electron chi connectivity index (χ1n) is 6.75. The molecule has 1 aliphatic carbocycles. The van der Waals surface area contributed by atoms with Gasteiger partial charge < -0.3 is 10.1 Å². The Morgan fingerprint density at radius 3 is 2.56 bits per heavy atom. The Kier molecular flexibility index (Phi) is 3.41. The molecule has 0 radical (unpaired) electrons. The predicted octanol–water partition coefficient (Wildman–Crippen LogP) is 2.23. The van der Waals surface area contributed by atoms with E-state index in [4.69, 9.17) is 0 Å². The molecule has 4 heteroatoms. The van der Waals surface area contributed by atoms with Gasteiger partial charge in [-0.2, -0.15) is 0 Å². The van der Waals surface area contributed by atoms with Crippen LogP contribution in [0, 0.1) is 18.3 Å². The summed E-state index contributed by atoms with van der Waals surface area (Å²) < 4.78 is 1.79. The molecule has 1 heterocycles. The van der Waals surface area contributed by atoms with Crippen LogP contribution in [0.1, 0.15) is 51.8 Å². The Morgan fingerprint density at radius 2 is 2.06 bits per heavy atom. The second kappa shape index (κ2) is 4.57. The van der Waals surface area contributed by atoms with Crippen LogP contribution >= 0.6 is 0 Å². The van der Waals surface area contributed by atoms with Crippen LogP contribution in [0.25, 0.3) is 0 Å². The fourth-order valence-corrected chi connectivity index (χ4v) is 3.22. The largest absolute Gasteiger partial charge is 0.393 e. The van der Waals surface area contributed by atoms with Crippen molar-refractivity contribution in [3.05, 3.63) is 22.4 Å². The maximum atomic E-state index is 11.9. The maximum absolute atomic E-state index is 11.9. The van der Waals surface area contributed by atoms with Crippen LogP contribution in [-0.4, -0.2) is 20.8 Å². The highest BCUT2D eigenvalue weighted by atomic mass is 16.3. The molecule has 0 spiro atoms. The highest BCUT2D eigenvalue weighted by Gasteiger charge is 2.38. The quantitative estimate of drug-likeness (QED) is 0.805. The van der Waals surface area contributed by atoms with Crippen molar-refractivity contribution in [2.75, 3.05) is 0 Å². The van der Waals surface area contributed by atoms with Crippen molar-refractivity contribution < 1.29 is 5.11 Å². The van der Waals surface area contributed by atoms with E-state index >= 15 is 0 Å². The van der Waals surface area contributed by atoms with Crippen molar-refractivity contribution in [2.24, 2.45) is 11.3 Å². The molecule has 0 aliphatic heterocycles. The van der Waals surface area contributed by atoms with E-state index in [1.807, 2.05) is 13.1 Å². The van der Waals surface area contributed by atoms with E-state index in [-0.39, 0.29) is 23.3 Å². The van der Waals surface area contributed by atoms with Gasteiger partial charge >= 0.3 is 5.69 Å². The minimum absolute atomic E-state index is 0.0548. The molecule has 102 valence electrons. The molecule has 4 nitrogen and oxygen atoms in total. The topological polar surface area (TPSA) is 58.0 Å². The maximum Gasteiger partial charge on any atom is 0.325 e. The average molecular weight is 252 g/mol. The monoisotopic (exact) mass is 252 g/mol. The number of H-pyrrole nitrogens is 1. The zero-order valence-electron chi connectivity index (χ0n) is 11.7. The Hall–Kier alpha value is -1.03. The summed E-state index contributed by atoms with van der Waals surface area (Å²) >= 11 is 0. The van der Waals surface area contributed by atoms with Gasteiger partial charge in [0.1, 0.15) is 0 Å². The van der Waals surface area contributed by atoms with Gasteiger partial charge in [-0.1, -0.05) is 20.8 Å². The van der Waals surface area contributed by atoms with Crippen LogP contribution in [0.3, 0.4) is 0 Å². The molecule has 1 aromatic rings. The second-order valence-corrected chi connectivity index (χ2v) is 6.66. The van der Waals surface area contributed by atoms with Gasteiger partial charge in [0.25, 0.3) is 0 Å². The van der Waals surface area contributed by atoms with E-state index in [0.29, 0.717) is 12.3 Å². The van der Waals surface area contributed by atoms with E-state index in [2.05, 4.69) is 25.8 Å². The van der Waals surface area contributed by atoms with E-state index in [1.54, 1.807) is 4.57 Å². The summed E-state index contributed by atoms with van der Waals surface area (Å²) in [7, 11) is 0. The molecule has 0 amide bonds. The zero-order chi connectivity index (χ0) is 13.5. The van der Waals surface area contributed by atoms with E-state index in [9.17, 15) is 9.90 Å². The van der Waals surface area contributed by atoms with Gasteiger partial charge in [-0.05, 0) is 37.5 Å². The first-order valence-corrected chi connectivity index (χ1v) is 6.75. The number of aliphatic hydroxyl groups excluding tert-OH is 1. The third-order valence-corrected chi connectivity index (χ3v) is 4.13. The summed E-state index contributed by atoms with van der Waals surface area (Å²) in [6.07, 6.45) is 4.10. The zero-order valence-corrected chi connectivity index (χ0v) is 11.7. The highest BCUT2D eigenvalue weighted by molar-refractivity contribution is 4.99. The standard InChI is InChI=1S/C14H24N2O2/c1-9-8-16(13(18)15-9)12-7-10(17)5-6-11(12)14(2,3)4/h8,10-12,17H,5-7H2,1-4H3,(H,15,18). The molecule has 1 fully saturated rings. The van der Waals surface area contributed by atoms with Crippen molar-refractivity contribution >= 4 is 0 Å². The normalized spacial score (nSPS) is 29.5. The lowest BCUT2D eigenvalue weighted by molar-refractivity contribution is 0.0289. The van der Waals surface area contributed by atoms with E-state index in [0.717, 1.165) is 18.5 Å². The lowest BCUT2D eigenvalue weighted by Crippen LogP contribution is -2.40. The molecule has 3 atom stereocenters. The fraction of sp³-hybridized carbons (Fsp3) is 0.786. The molecular weight excluding hydrogens is 228 g/mol. The Balaban J connectivity index is 2.37. The lowest BCUT2D eigenvalue weighted by atomic mass is 9.69. The van der Waals surface area contributed by atoms with Crippen molar-refractivity contribution in [1.82, 2.24) is 9.55 Å². The molecule has 1 aliphatic rings. The Morgan fingerprint density at radius 1 is 1.39 bits per heavy atom. The van der Waals surface area contributed by atoms with Gasteiger partial charge in [-0.15, -0.1) is 0 Å². The summed E-state index contributed by atoms with van der Waals surface area (Å²) in [6, 6.07) is 0.103. The summed E-state index contributed by atoms with van der Waals surface area (Å²) in [6.45, 7) is 8.54. The molecule has 0 saturated heterocycles. The summed E-state index contributed by atoms with van der Waals surface area (Å²) in [5, 5.41) is 9.90. The molecule has 0 aromatic carbocycles. The van der Waals surface area contributed by atoms with Crippen LogP contribution in [0.15, 0.2) is 11.0 Å².